The van der Waals surface area contributed by atoms with Crippen molar-refractivity contribution in [2.45, 2.75) is 19.9 Å². The Morgan fingerprint density at radius 3 is 2.90 bits per heavy atom. The molecule has 2 aromatic rings. The van der Waals surface area contributed by atoms with Crippen LogP contribution in [0.2, 0.25) is 0 Å². The molecule has 1 aliphatic heterocycles. The maximum Gasteiger partial charge on any atom is 0.101 e. The van der Waals surface area contributed by atoms with Crippen molar-refractivity contribution in [3.05, 3.63) is 47.8 Å². The van der Waals surface area contributed by atoms with Crippen molar-refractivity contribution in [3.8, 4) is 17.2 Å². The molecule has 0 radical (unpaired) electrons. The van der Waals surface area contributed by atoms with Gasteiger partial charge in [0.2, 0.25) is 0 Å². The highest BCUT2D eigenvalue weighted by Gasteiger charge is 2.17. The first kappa shape index (κ1) is 12.6. The van der Waals surface area contributed by atoms with Crippen molar-refractivity contribution < 1.29 is 0 Å². The molecule has 3 nitrogen and oxygen atoms in total. The second-order valence-electron chi connectivity index (χ2n) is 4.99. The lowest BCUT2D eigenvalue weighted by molar-refractivity contribution is 0.762. The minimum atomic E-state index is 0.736. The fourth-order valence-electron chi connectivity index (χ4n) is 2.81. The molecule has 20 heavy (non-hydrogen) atoms. The highest BCUT2D eigenvalue weighted by atomic mass is 15.0. The van der Waals surface area contributed by atoms with Crippen LogP contribution in [0.3, 0.4) is 0 Å². The van der Waals surface area contributed by atoms with Crippen LogP contribution < -0.4 is 5.32 Å². The van der Waals surface area contributed by atoms with E-state index in [0.717, 1.165) is 47.6 Å². The molecule has 3 heteroatoms. The number of hydrogen-bond donors (Lipinski definition) is 1. The Kier molecular flexibility index (Phi) is 3.08. The summed E-state index contributed by atoms with van der Waals surface area (Å²) in [5.41, 5.74) is 6.35. The van der Waals surface area contributed by atoms with E-state index in [1.165, 1.54) is 5.56 Å². The van der Waals surface area contributed by atoms with Crippen molar-refractivity contribution in [1.29, 1.82) is 5.26 Å². The van der Waals surface area contributed by atoms with E-state index in [2.05, 4.69) is 47.8 Å². The Morgan fingerprint density at radius 1 is 1.40 bits per heavy atom. The number of nitrogens with one attached hydrogen (secondary N) is 1. The van der Waals surface area contributed by atoms with Crippen LogP contribution in [-0.4, -0.2) is 11.1 Å². The molecule has 0 aliphatic carbocycles. The summed E-state index contributed by atoms with van der Waals surface area (Å²) in [5.74, 6) is 0. The number of anilines is 1. The van der Waals surface area contributed by atoms with Gasteiger partial charge in [-0.15, -0.1) is 0 Å². The van der Waals surface area contributed by atoms with Crippen molar-refractivity contribution in [2.24, 2.45) is 0 Å². The van der Waals surface area contributed by atoms with E-state index < -0.39 is 0 Å². The first-order valence-corrected chi connectivity index (χ1v) is 6.90. The molecule has 0 amide bonds. The van der Waals surface area contributed by atoms with Gasteiger partial charge in [0.15, 0.2) is 0 Å². The van der Waals surface area contributed by atoms with Gasteiger partial charge < -0.3 is 9.88 Å². The Hall–Kier alpha value is -2.47. The maximum atomic E-state index is 9.31. The van der Waals surface area contributed by atoms with E-state index in [-0.39, 0.29) is 0 Å². The van der Waals surface area contributed by atoms with Crippen LogP contribution in [0.15, 0.2) is 31.0 Å². The molecular formula is C17H17N3. The molecule has 1 aromatic heterocycles. The molecule has 100 valence electrons. The van der Waals surface area contributed by atoms with E-state index in [4.69, 9.17) is 0 Å². The summed E-state index contributed by atoms with van der Waals surface area (Å²) in [7, 11) is 0. The van der Waals surface area contributed by atoms with E-state index >= 15 is 0 Å². The monoisotopic (exact) mass is 263 g/mol. The largest absolute Gasteiger partial charge is 0.383 e. The summed E-state index contributed by atoms with van der Waals surface area (Å²) in [6.07, 6.45) is 4.98. The summed E-state index contributed by atoms with van der Waals surface area (Å²) in [4.78, 5) is 0. The number of nitrogens with zero attached hydrogens (tertiary/aromatic N) is 2. The van der Waals surface area contributed by atoms with Gasteiger partial charge >= 0.3 is 0 Å². The van der Waals surface area contributed by atoms with E-state index in [1.807, 2.05) is 12.1 Å². The Labute approximate surface area is 119 Å². The van der Waals surface area contributed by atoms with Crippen LogP contribution in [0.5, 0.6) is 0 Å². The molecule has 0 unspecified atom stereocenters. The van der Waals surface area contributed by atoms with Gasteiger partial charge in [-0.3, -0.25) is 0 Å². The summed E-state index contributed by atoms with van der Waals surface area (Å²) in [6.45, 7) is 7.80. The minimum Gasteiger partial charge on any atom is -0.383 e. The van der Waals surface area contributed by atoms with E-state index in [9.17, 15) is 5.26 Å². The Bertz CT molecular complexity index is 717. The van der Waals surface area contributed by atoms with Gasteiger partial charge in [-0.2, -0.15) is 5.26 Å². The average molecular weight is 263 g/mol. The summed E-state index contributed by atoms with van der Waals surface area (Å²) in [5, 5.41) is 12.6. The van der Waals surface area contributed by atoms with E-state index in [1.54, 1.807) is 0 Å². The van der Waals surface area contributed by atoms with Crippen LogP contribution in [0.1, 0.15) is 23.7 Å². The molecule has 0 atom stereocenters. The molecule has 3 rings (SSSR count). The predicted molar refractivity (Wildman–Crippen MR) is 82.5 cm³/mol. The number of aromatic nitrogens is 1. The molecular weight excluding hydrogens is 246 g/mol. The number of hydrogen-bond acceptors (Lipinski definition) is 2. The third kappa shape index (κ3) is 1.90. The van der Waals surface area contributed by atoms with Gasteiger partial charge in [-0.1, -0.05) is 6.58 Å². The molecule has 0 saturated heterocycles. The van der Waals surface area contributed by atoms with Gasteiger partial charge in [0, 0.05) is 30.5 Å². The Balaban J connectivity index is 2.13. The van der Waals surface area contributed by atoms with Crippen molar-refractivity contribution in [3.63, 3.8) is 0 Å². The Morgan fingerprint density at radius 2 is 2.25 bits per heavy atom. The predicted octanol–water partition coefficient (Wildman–Crippen LogP) is 3.66. The zero-order valence-corrected chi connectivity index (χ0v) is 11.6. The fourth-order valence-corrected chi connectivity index (χ4v) is 2.81. The third-order valence-electron chi connectivity index (χ3n) is 3.85. The lowest BCUT2D eigenvalue weighted by Crippen LogP contribution is -1.93. The second kappa shape index (κ2) is 4.90. The standard InChI is InChI=1S/C17H17N3/c1-3-16-9-15(11-20(16)4-2)13-7-12-5-6-19-17(12)14(8-13)10-18/h3,7-9,11,19H,1,4-6H2,2H3. The molecule has 0 saturated carbocycles. The summed E-state index contributed by atoms with van der Waals surface area (Å²) >= 11 is 0. The van der Waals surface area contributed by atoms with Crippen LogP contribution in [0.4, 0.5) is 5.69 Å². The van der Waals surface area contributed by atoms with Crippen molar-refractivity contribution >= 4 is 11.8 Å². The number of nitriles is 1. The lowest BCUT2D eigenvalue weighted by Gasteiger charge is -2.06. The molecule has 1 N–H and O–H groups in total. The smallest absolute Gasteiger partial charge is 0.101 e. The van der Waals surface area contributed by atoms with Gasteiger partial charge in [0.1, 0.15) is 6.07 Å². The normalized spacial score (nSPS) is 12.6. The molecule has 2 heterocycles. The third-order valence-corrected chi connectivity index (χ3v) is 3.85. The van der Waals surface area contributed by atoms with Crippen LogP contribution >= 0.6 is 0 Å². The molecule has 1 aromatic carbocycles. The summed E-state index contributed by atoms with van der Waals surface area (Å²) < 4.78 is 2.17. The SMILES string of the molecule is C=Cc1cc(-c2cc(C#N)c3c(c2)CCN3)cn1CC. The molecule has 0 fully saturated rings. The number of rotatable bonds is 3. The minimum absolute atomic E-state index is 0.736. The van der Waals surface area contributed by atoms with Crippen LogP contribution in [-0.2, 0) is 13.0 Å². The van der Waals surface area contributed by atoms with Gasteiger partial charge in [-0.05, 0) is 48.7 Å². The zero-order valence-electron chi connectivity index (χ0n) is 11.6. The van der Waals surface area contributed by atoms with Crippen molar-refractivity contribution in [2.75, 3.05) is 11.9 Å². The zero-order chi connectivity index (χ0) is 14.1. The van der Waals surface area contributed by atoms with Gasteiger partial charge in [0.05, 0.1) is 11.3 Å². The summed E-state index contributed by atoms with van der Waals surface area (Å²) in [6, 6.07) is 8.59. The first-order chi connectivity index (χ1) is 9.76. The van der Waals surface area contributed by atoms with E-state index in [0.29, 0.717) is 0 Å². The first-order valence-electron chi connectivity index (χ1n) is 6.90. The quantitative estimate of drug-likeness (QED) is 0.918. The maximum absolute atomic E-state index is 9.31. The second-order valence-corrected chi connectivity index (χ2v) is 4.99. The molecule has 0 bridgehead atoms. The average Bonchev–Trinajstić information content (AvgIpc) is 3.11. The number of aryl methyl sites for hydroxylation is 1. The highest BCUT2D eigenvalue weighted by Crippen LogP contribution is 2.33. The molecule has 0 spiro atoms. The lowest BCUT2D eigenvalue weighted by atomic mass is 10.00. The van der Waals surface area contributed by atoms with Crippen LogP contribution in [0, 0.1) is 11.3 Å². The fraction of sp³-hybridized carbons (Fsp3) is 0.235. The number of fused-ring (bicyclic) bond motifs is 1. The van der Waals surface area contributed by atoms with Gasteiger partial charge in [-0.25, -0.2) is 0 Å². The van der Waals surface area contributed by atoms with Gasteiger partial charge in [0.25, 0.3) is 0 Å². The van der Waals surface area contributed by atoms with Crippen LogP contribution in [0.25, 0.3) is 17.2 Å². The van der Waals surface area contributed by atoms with Crippen molar-refractivity contribution in [1.82, 2.24) is 4.57 Å². The topological polar surface area (TPSA) is 40.8 Å². The molecule has 1 aliphatic rings. The highest BCUT2D eigenvalue weighted by molar-refractivity contribution is 5.76. The number of benzene rings is 1.